The van der Waals surface area contributed by atoms with Crippen molar-refractivity contribution in [1.82, 2.24) is 0 Å². The van der Waals surface area contributed by atoms with E-state index in [2.05, 4.69) is 4.98 Å². The van der Waals surface area contributed by atoms with Crippen LogP contribution in [0.5, 0.6) is 0 Å². The van der Waals surface area contributed by atoms with Gasteiger partial charge in [0, 0.05) is 23.6 Å². The number of hydrogen-bond donors (Lipinski definition) is 2. The van der Waals surface area contributed by atoms with Crippen molar-refractivity contribution >= 4 is 5.69 Å². The van der Waals surface area contributed by atoms with Crippen LogP contribution in [0.15, 0.2) is 42.5 Å². The van der Waals surface area contributed by atoms with E-state index in [0.29, 0.717) is 28.8 Å². The molecule has 0 saturated heterocycles. The number of rotatable bonds is 0. The third-order valence-corrected chi connectivity index (χ3v) is 3.39. The van der Waals surface area contributed by atoms with E-state index in [1.807, 2.05) is 12.1 Å². The van der Waals surface area contributed by atoms with Crippen LogP contribution in [0.25, 0.3) is 4.98 Å². The van der Waals surface area contributed by atoms with Crippen LogP contribution in [0.2, 0.25) is 0 Å². The van der Waals surface area contributed by atoms with Gasteiger partial charge in [-0.05, 0) is 5.56 Å². The van der Waals surface area contributed by atoms with Crippen molar-refractivity contribution < 1.29 is 10.2 Å². The topological polar surface area (TPSA) is 68.6 Å². The van der Waals surface area contributed by atoms with Gasteiger partial charge >= 0.3 is 5.69 Å². The molecule has 0 unspecified atom stereocenters. The average Bonchev–Trinajstić information content (AvgIpc) is 2.38. The van der Waals surface area contributed by atoms with E-state index >= 15 is 0 Å². The number of hydrogen-bond acceptors (Lipinski definition) is 3. The maximum atomic E-state index is 10.3. The summed E-state index contributed by atoms with van der Waals surface area (Å²) in [5.41, 5.74) is 2.69. The average molecular weight is 239 g/mol. The summed E-state index contributed by atoms with van der Waals surface area (Å²) in [4.78, 5) is 3.20. The van der Waals surface area contributed by atoms with E-state index in [4.69, 9.17) is 5.39 Å². The molecule has 18 heavy (non-hydrogen) atoms. The van der Waals surface area contributed by atoms with Crippen molar-refractivity contribution in [3.8, 4) is 0 Å². The maximum Gasteiger partial charge on any atom is 0.389 e. The van der Waals surface area contributed by atoms with E-state index in [-0.39, 0.29) is 0 Å². The fourth-order valence-electron chi connectivity index (χ4n) is 2.53. The first-order chi connectivity index (χ1) is 8.64. The molecule has 2 aromatic rings. The zero-order valence-electron chi connectivity index (χ0n) is 9.54. The molecule has 0 saturated carbocycles. The molecule has 0 amide bonds. The minimum atomic E-state index is -2.04. The quantitative estimate of drug-likeness (QED) is 0.547. The van der Waals surface area contributed by atoms with Crippen LogP contribution in [0.3, 0.4) is 0 Å². The maximum absolute atomic E-state index is 10.3. The van der Waals surface area contributed by atoms with Gasteiger partial charge in [-0.25, -0.2) is 0 Å². The first-order valence-electron chi connectivity index (χ1n) is 5.65. The van der Waals surface area contributed by atoms with Crippen LogP contribution < -0.4 is 0 Å². The molecule has 4 nitrogen and oxygen atoms in total. The van der Waals surface area contributed by atoms with Crippen molar-refractivity contribution in [1.29, 1.82) is 5.39 Å². The Morgan fingerprint density at radius 3 is 2.50 bits per heavy atom. The SMILES string of the molecule is N#[N+]c1cccc2c1Cc1ccccc1C2(O)O. The van der Waals surface area contributed by atoms with Crippen LogP contribution in [-0.4, -0.2) is 10.2 Å². The Hall–Kier alpha value is -2.22. The van der Waals surface area contributed by atoms with Gasteiger partial charge in [-0.2, -0.15) is 0 Å². The molecular formula is C14H11N2O2+. The van der Waals surface area contributed by atoms with Gasteiger partial charge in [0.15, 0.2) is 4.98 Å². The molecule has 0 fully saturated rings. The van der Waals surface area contributed by atoms with E-state index < -0.39 is 5.79 Å². The highest BCUT2D eigenvalue weighted by atomic mass is 16.5. The molecule has 1 aliphatic rings. The summed E-state index contributed by atoms with van der Waals surface area (Å²) in [5.74, 6) is -2.04. The normalized spacial score (nSPS) is 15.4. The standard InChI is InChI=1S/C14H11N2O2/c15-16-13-7-3-6-12-10(13)8-9-4-1-2-5-11(9)14(12,17)18/h1-7,17-18H,8H2/q+1. The van der Waals surface area contributed by atoms with Gasteiger partial charge in [-0.15, -0.1) is 0 Å². The zero-order chi connectivity index (χ0) is 12.8. The van der Waals surface area contributed by atoms with Crippen molar-refractivity contribution in [2.24, 2.45) is 0 Å². The predicted octanol–water partition coefficient (Wildman–Crippen LogP) is 2.26. The van der Waals surface area contributed by atoms with Gasteiger partial charge in [-0.3, -0.25) is 0 Å². The molecule has 0 atom stereocenters. The lowest BCUT2D eigenvalue weighted by Gasteiger charge is -2.30. The molecule has 0 spiro atoms. The summed E-state index contributed by atoms with van der Waals surface area (Å²) in [6.07, 6.45) is 0.522. The smallest absolute Gasteiger partial charge is 0.358 e. The van der Waals surface area contributed by atoms with Crippen molar-refractivity contribution in [3.05, 3.63) is 69.7 Å². The van der Waals surface area contributed by atoms with E-state index in [0.717, 1.165) is 5.56 Å². The largest absolute Gasteiger partial charge is 0.389 e. The molecule has 1 aliphatic carbocycles. The molecule has 3 rings (SSSR count). The lowest BCUT2D eigenvalue weighted by atomic mass is 9.81. The first kappa shape index (κ1) is 10.9. The van der Waals surface area contributed by atoms with Gasteiger partial charge in [0.25, 0.3) is 0 Å². The second kappa shape index (κ2) is 3.64. The Bertz CT molecular complexity index is 672. The number of fused-ring (bicyclic) bond motifs is 2. The van der Waals surface area contributed by atoms with Gasteiger partial charge in [0.2, 0.25) is 11.2 Å². The highest BCUT2D eigenvalue weighted by molar-refractivity contribution is 5.62. The van der Waals surface area contributed by atoms with Crippen molar-refractivity contribution in [2.45, 2.75) is 12.2 Å². The third-order valence-electron chi connectivity index (χ3n) is 3.39. The summed E-state index contributed by atoms with van der Waals surface area (Å²) >= 11 is 0. The molecule has 2 N–H and O–H groups in total. The fraction of sp³-hybridized carbons (Fsp3) is 0.143. The second-order valence-electron chi connectivity index (χ2n) is 4.41. The molecule has 0 radical (unpaired) electrons. The molecule has 0 aliphatic heterocycles. The van der Waals surface area contributed by atoms with E-state index in [1.165, 1.54) is 0 Å². The third kappa shape index (κ3) is 1.35. The summed E-state index contributed by atoms with van der Waals surface area (Å²) in [5, 5.41) is 29.6. The fourth-order valence-corrected chi connectivity index (χ4v) is 2.53. The minimum Gasteiger partial charge on any atom is -0.358 e. The van der Waals surface area contributed by atoms with Gasteiger partial charge in [0.1, 0.15) is 0 Å². The van der Waals surface area contributed by atoms with Gasteiger partial charge < -0.3 is 10.2 Å². The van der Waals surface area contributed by atoms with Crippen LogP contribution in [0, 0.1) is 5.39 Å². The van der Waals surface area contributed by atoms with E-state index in [1.54, 1.807) is 30.3 Å². The number of benzene rings is 2. The molecule has 0 bridgehead atoms. The lowest BCUT2D eigenvalue weighted by Crippen LogP contribution is -2.32. The van der Waals surface area contributed by atoms with Crippen LogP contribution in [-0.2, 0) is 12.2 Å². The highest BCUT2D eigenvalue weighted by Gasteiger charge is 2.39. The number of aliphatic hydroxyl groups is 2. The first-order valence-corrected chi connectivity index (χ1v) is 5.65. The highest BCUT2D eigenvalue weighted by Crippen LogP contribution is 2.41. The zero-order valence-corrected chi connectivity index (χ0v) is 9.54. The summed E-state index contributed by atoms with van der Waals surface area (Å²) in [6.45, 7) is 0. The molecule has 4 heteroatoms. The second-order valence-corrected chi connectivity index (χ2v) is 4.41. The monoisotopic (exact) mass is 239 g/mol. The Balaban J connectivity index is 2.32. The Morgan fingerprint density at radius 1 is 1.00 bits per heavy atom. The van der Waals surface area contributed by atoms with Gasteiger partial charge in [0.05, 0.1) is 5.56 Å². The number of diazo groups is 1. The predicted molar refractivity (Wildman–Crippen MR) is 65.7 cm³/mol. The Morgan fingerprint density at radius 2 is 1.72 bits per heavy atom. The Kier molecular flexibility index (Phi) is 2.20. The lowest BCUT2D eigenvalue weighted by molar-refractivity contribution is -0.134. The summed E-state index contributed by atoms with van der Waals surface area (Å²) in [7, 11) is 0. The minimum absolute atomic E-state index is 0.370. The van der Waals surface area contributed by atoms with Crippen molar-refractivity contribution in [3.63, 3.8) is 0 Å². The summed E-state index contributed by atoms with van der Waals surface area (Å²) < 4.78 is 0. The number of nitrogens with zero attached hydrogens (tertiary/aromatic N) is 2. The molecule has 0 heterocycles. The van der Waals surface area contributed by atoms with E-state index in [9.17, 15) is 10.2 Å². The molecular weight excluding hydrogens is 228 g/mol. The molecule has 0 aromatic heterocycles. The molecule has 88 valence electrons. The molecule has 2 aromatic carbocycles. The van der Waals surface area contributed by atoms with Crippen molar-refractivity contribution in [2.75, 3.05) is 0 Å². The van der Waals surface area contributed by atoms with Gasteiger partial charge in [-0.1, -0.05) is 36.4 Å². The van der Waals surface area contributed by atoms with Crippen LogP contribution in [0.4, 0.5) is 5.69 Å². The van der Waals surface area contributed by atoms with Crippen LogP contribution >= 0.6 is 0 Å². The Labute approximate surface area is 104 Å². The van der Waals surface area contributed by atoms with Crippen LogP contribution in [0.1, 0.15) is 22.3 Å². The summed E-state index contributed by atoms with van der Waals surface area (Å²) in [6, 6.07) is 12.1.